The maximum Gasteiger partial charge on any atom is 0.134 e. The second-order valence-electron chi connectivity index (χ2n) is 4.21. The molecule has 1 fully saturated rings. The zero-order valence-corrected chi connectivity index (χ0v) is 10.00. The van der Waals surface area contributed by atoms with Crippen molar-refractivity contribution < 1.29 is 9.84 Å². The minimum atomic E-state index is 0.118. The van der Waals surface area contributed by atoms with Gasteiger partial charge in [0.2, 0.25) is 0 Å². The van der Waals surface area contributed by atoms with Crippen LogP contribution in [0.5, 0.6) is 5.75 Å². The minimum Gasteiger partial charge on any atom is -0.506 e. The first-order valence-electron chi connectivity index (χ1n) is 5.52. The van der Waals surface area contributed by atoms with Crippen LogP contribution in [0.1, 0.15) is 19.8 Å². The van der Waals surface area contributed by atoms with Gasteiger partial charge < -0.3 is 15.2 Å². The number of anilines is 1. The third kappa shape index (κ3) is 2.80. The Morgan fingerprint density at radius 2 is 2.31 bits per heavy atom. The van der Waals surface area contributed by atoms with E-state index in [1.54, 1.807) is 12.1 Å². The van der Waals surface area contributed by atoms with Crippen LogP contribution in [0.4, 0.5) is 5.69 Å². The second-order valence-corrected chi connectivity index (χ2v) is 4.62. The van der Waals surface area contributed by atoms with Crippen LogP contribution in [0, 0.1) is 0 Å². The van der Waals surface area contributed by atoms with Gasteiger partial charge in [-0.3, -0.25) is 0 Å². The Labute approximate surface area is 100 Å². The highest BCUT2D eigenvalue weighted by Crippen LogP contribution is 2.27. The van der Waals surface area contributed by atoms with E-state index in [0.717, 1.165) is 25.1 Å². The molecule has 16 heavy (non-hydrogen) atoms. The maximum atomic E-state index is 9.31. The van der Waals surface area contributed by atoms with Crippen molar-refractivity contribution in [2.45, 2.75) is 31.9 Å². The summed E-state index contributed by atoms with van der Waals surface area (Å²) in [5.41, 5.74) is 0.946. The molecule has 1 aliphatic heterocycles. The number of halogens is 1. The third-order valence-electron chi connectivity index (χ3n) is 2.80. The van der Waals surface area contributed by atoms with Gasteiger partial charge in [-0.25, -0.2) is 0 Å². The molecule has 2 N–H and O–H groups in total. The van der Waals surface area contributed by atoms with Gasteiger partial charge in [0.15, 0.2) is 0 Å². The van der Waals surface area contributed by atoms with Crippen molar-refractivity contribution in [2.24, 2.45) is 0 Å². The van der Waals surface area contributed by atoms with Crippen molar-refractivity contribution in [2.75, 3.05) is 11.9 Å². The van der Waals surface area contributed by atoms with Gasteiger partial charge in [-0.2, -0.15) is 0 Å². The van der Waals surface area contributed by atoms with E-state index in [2.05, 4.69) is 12.2 Å². The first kappa shape index (κ1) is 11.6. The van der Waals surface area contributed by atoms with Crippen LogP contribution in [-0.4, -0.2) is 23.9 Å². The van der Waals surface area contributed by atoms with Gasteiger partial charge in [0, 0.05) is 18.3 Å². The van der Waals surface area contributed by atoms with Crippen molar-refractivity contribution >= 4 is 17.3 Å². The number of ether oxygens (including phenoxy) is 1. The van der Waals surface area contributed by atoms with E-state index in [-0.39, 0.29) is 5.75 Å². The molecule has 1 heterocycles. The van der Waals surface area contributed by atoms with Gasteiger partial charge in [0.1, 0.15) is 5.75 Å². The summed E-state index contributed by atoms with van der Waals surface area (Å²) in [6.45, 7) is 2.88. The number of phenolic OH excluding ortho intramolecular Hbond substituents is 1. The number of nitrogens with one attached hydrogen (secondary N) is 1. The molecule has 2 atom stereocenters. The van der Waals surface area contributed by atoms with Crippen LogP contribution < -0.4 is 5.32 Å². The fourth-order valence-electron chi connectivity index (χ4n) is 1.96. The van der Waals surface area contributed by atoms with Crippen LogP contribution in [0.3, 0.4) is 0 Å². The summed E-state index contributed by atoms with van der Waals surface area (Å²) in [7, 11) is 0. The van der Waals surface area contributed by atoms with E-state index in [4.69, 9.17) is 16.3 Å². The van der Waals surface area contributed by atoms with E-state index in [1.165, 1.54) is 0 Å². The Morgan fingerprint density at radius 1 is 1.50 bits per heavy atom. The average molecular weight is 242 g/mol. The van der Waals surface area contributed by atoms with Crippen LogP contribution >= 0.6 is 11.6 Å². The Morgan fingerprint density at radius 3 is 3.00 bits per heavy atom. The van der Waals surface area contributed by atoms with Gasteiger partial charge in [-0.1, -0.05) is 11.6 Å². The summed E-state index contributed by atoms with van der Waals surface area (Å²) in [4.78, 5) is 0. The van der Waals surface area contributed by atoms with Crippen molar-refractivity contribution in [1.29, 1.82) is 0 Å². The summed E-state index contributed by atoms with van der Waals surface area (Å²) in [6.07, 6.45) is 2.31. The number of phenols is 1. The fraction of sp³-hybridized carbons (Fsp3) is 0.500. The fourth-order valence-corrected chi connectivity index (χ4v) is 2.14. The lowest BCUT2D eigenvalue weighted by molar-refractivity contribution is 0.0232. The van der Waals surface area contributed by atoms with Gasteiger partial charge in [0.05, 0.1) is 11.1 Å². The molecule has 88 valence electrons. The van der Waals surface area contributed by atoms with Gasteiger partial charge in [-0.05, 0) is 38.0 Å². The van der Waals surface area contributed by atoms with Crippen molar-refractivity contribution in [3.8, 4) is 5.75 Å². The van der Waals surface area contributed by atoms with E-state index in [9.17, 15) is 5.11 Å². The predicted molar refractivity (Wildman–Crippen MR) is 65.2 cm³/mol. The summed E-state index contributed by atoms with van der Waals surface area (Å²) in [5.74, 6) is 0.118. The number of hydrogen-bond donors (Lipinski definition) is 2. The molecule has 1 aliphatic rings. The number of aromatic hydroxyl groups is 1. The Bertz CT molecular complexity index is 370. The minimum absolute atomic E-state index is 0.118. The Balaban J connectivity index is 2.00. The zero-order chi connectivity index (χ0) is 11.5. The highest BCUT2D eigenvalue weighted by Gasteiger charge is 2.19. The molecule has 1 aromatic rings. The smallest absolute Gasteiger partial charge is 0.134 e. The Kier molecular flexibility index (Phi) is 3.56. The molecule has 0 saturated carbocycles. The molecule has 2 unspecified atom stereocenters. The topological polar surface area (TPSA) is 41.5 Å². The molecule has 0 aliphatic carbocycles. The van der Waals surface area contributed by atoms with E-state index < -0.39 is 0 Å². The van der Waals surface area contributed by atoms with Gasteiger partial charge >= 0.3 is 0 Å². The molecular weight excluding hydrogens is 226 g/mol. The monoisotopic (exact) mass is 241 g/mol. The largest absolute Gasteiger partial charge is 0.506 e. The molecule has 3 nitrogen and oxygen atoms in total. The summed E-state index contributed by atoms with van der Waals surface area (Å²) in [6, 6.07) is 5.61. The van der Waals surface area contributed by atoms with Crippen LogP contribution in [-0.2, 0) is 4.74 Å². The van der Waals surface area contributed by atoms with Crippen molar-refractivity contribution in [1.82, 2.24) is 0 Å². The molecule has 0 bridgehead atoms. The van der Waals surface area contributed by atoms with Crippen LogP contribution in [0.25, 0.3) is 0 Å². The lowest BCUT2D eigenvalue weighted by atomic mass is 10.0. The van der Waals surface area contributed by atoms with Crippen molar-refractivity contribution in [3.63, 3.8) is 0 Å². The number of rotatable bonds is 2. The number of hydrogen-bond acceptors (Lipinski definition) is 3. The molecule has 1 aromatic carbocycles. The summed E-state index contributed by atoms with van der Waals surface area (Å²) >= 11 is 5.85. The van der Waals surface area contributed by atoms with E-state index in [1.807, 2.05) is 6.07 Å². The first-order valence-corrected chi connectivity index (χ1v) is 5.89. The predicted octanol–water partition coefficient (Wildman–Crippen LogP) is 3.03. The molecule has 2 rings (SSSR count). The molecule has 4 heteroatoms. The third-order valence-corrected chi connectivity index (χ3v) is 3.11. The average Bonchev–Trinajstić information content (AvgIpc) is 2.24. The molecule has 0 amide bonds. The normalized spacial score (nSPS) is 25.4. The maximum absolute atomic E-state index is 9.31. The van der Waals surface area contributed by atoms with Gasteiger partial charge in [-0.15, -0.1) is 0 Å². The van der Waals surface area contributed by atoms with Crippen molar-refractivity contribution in [3.05, 3.63) is 23.2 Å². The SMILES string of the molecule is CC1CC(Nc2ccc(O)c(Cl)c2)CCO1. The molecule has 0 aromatic heterocycles. The number of benzene rings is 1. The Hall–Kier alpha value is -0.930. The summed E-state index contributed by atoms with van der Waals surface area (Å²) < 4.78 is 5.48. The lowest BCUT2D eigenvalue weighted by Gasteiger charge is -2.28. The highest BCUT2D eigenvalue weighted by atomic mass is 35.5. The summed E-state index contributed by atoms with van der Waals surface area (Å²) in [5, 5.41) is 13.1. The molecule has 0 spiro atoms. The molecule has 0 radical (unpaired) electrons. The quantitative estimate of drug-likeness (QED) is 0.782. The zero-order valence-electron chi connectivity index (χ0n) is 9.24. The van der Waals surface area contributed by atoms with E-state index in [0.29, 0.717) is 17.2 Å². The van der Waals surface area contributed by atoms with E-state index >= 15 is 0 Å². The molecule has 1 saturated heterocycles. The standard InChI is InChI=1S/C12H16ClNO2/c1-8-6-10(4-5-16-8)14-9-2-3-12(15)11(13)7-9/h2-3,7-8,10,14-15H,4-6H2,1H3. The highest BCUT2D eigenvalue weighted by molar-refractivity contribution is 6.32. The van der Waals surface area contributed by atoms with Crippen LogP contribution in [0.15, 0.2) is 18.2 Å². The molecular formula is C12H16ClNO2. The van der Waals surface area contributed by atoms with Crippen LogP contribution in [0.2, 0.25) is 5.02 Å². The van der Waals surface area contributed by atoms with Gasteiger partial charge in [0.25, 0.3) is 0 Å². The lowest BCUT2D eigenvalue weighted by Crippen LogP contribution is -2.32. The first-order chi connectivity index (χ1) is 7.65. The second kappa shape index (κ2) is 4.93.